The first-order valence-corrected chi connectivity index (χ1v) is 11.3. The van der Waals surface area contributed by atoms with Gasteiger partial charge in [0.15, 0.2) is 0 Å². The second kappa shape index (κ2) is 9.41. The zero-order chi connectivity index (χ0) is 23.5. The molecule has 4 aromatic carbocycles. The van der Waals surface area contributed by atoms with Crippen LogP contribution in [-0.4, -0.2) is 15.7 Å². The highest BCUT2D eigenvalue weighted by atomic mass is 35.5. The third-order valence-electron chi connectivity index (χ3n) is 5.63. The van der Waals surface area contributed by atoms with Crippen molar-refractivity contribution < 1.29 is 9.53 Å². The van der Waals surface area contributed by atoms with E-state index in [2.05, 4.69) is 10.4 Å². The van der Waals surface area contributed by atoms with Gasteiger partial charge in [-0.1, -0.05) is 84.4 Å². The summed E-state index contributed by atoms with van der Waals surface area (Å²) in [5.41, 5.74) is 3.63. The van der Waals surface area contributed by atoms with Gasteiger partial charge in [0.1, 0.15) is 23.2 Å². The molecule has 0 aliphatic heterocycles. The first-order chi connectivity index (χ1) is 16.6. The molecule has 1 N–H and O–H groups in total. The van der Waals surface area contributed by atoms with E-state index in [-0.39, 0.29) is 12.5 Å². The van der Waals surface area contributed by atoms with Gasteiger partial charge in [0.2, 0.25) is 0 Å². The molecule has 0 saturated heterocycles. The van der Waals surface area contributed by atoms with Crippen molar-refractivity contribution in [1.82, 2.24) is 9.78 Å². The van der Waals surface area contributed by atoms with Gasteiger partial charge in [-0.15, -0.1) is 0 Å². The van der Waals surface area contributed by atoms with Gasteiger partial charge in [-0.2, -0.15) is 5.10 Å². The molecule has 0 saturated carbocycles. The van der Waals surface area contributed by atoms with Crippen LogP contribution in [0.4, 0.5) is 5.69 Å². The largest absolute Gasteiger partial charge is 0.488 e. The van der Waals surface area contributed by atoms with Gasteiger partial charge in [0, 0.05) is 18.3 Å². The molecule has 5 nitrogen and oxygen atoms in total. The molecule has 1 amide bonds. The van der Waals surface area contributed by atoms with Gasteiger partial charge in [0.25, 0.3) is 5.91 Å². The van der Waals surface area contributed by atoms with Crippen LogP contribution in [-0.2, 0) is 13.7 Å². The van der Waals surface area contributed by atoms with Crippen LogP contribution in [0.15, 0.2) is 97.1 Å². The number of fused-ring (bicyclic) bond motifs is 1. The minimum absolute atomic E-state index is 0.178. The van der Waals surface area contributed by atoms with Gasteiger partial charge in [-0.05, 0) is 35.0 Å². The number of anilines is 1. The summed E-state index contributed by atoms with van der Waals surface area (Å²) in [6.45, 7) is 0.178. The third-order valence-corrected chi connectivity index (χ3v) is 6.10. The average molecular weight is 468 g/mol. The first kappa shape index (κ1) is 21.7. The van der Waals surface area contributed by atoms with E-state index >= 15 is 0 Å². The van der Waals surface area contributed by atoms with E-state index in [0.717, 1.165) is 33.3 Å². The van der Waals surface area contributed by atoms with Gasteiger partial charge in [-0.3, -0.25) is 9.48 Å². The van der Waals surface area contributed by atoms with Gasteiger partial charge in [-0.25, -0.2) is 0 Å². The number of carbonyl (C=O) groups excluding carboxylic acids is 1. The summed E-state index contributed by atoms with van der Waals surface area (Å²) in [6.07, 6.45) is 0. The van der Waals surface area contributed by atoms with Crippen LogP contribution in [0.3, 0.4) is 0 Å². The minimum atomic E-state index is -0.244. The number of amides is 1. The van der Waals surface area contributed by atoms with Crippen molar-refractivity contribution >= 4 is 34.0 Å². The van der Waals surface area contributed by atoms with E-state index in [1.807, 2.05) is 84.9 Å². The fourth-order valence-corrected chi connectivity index (χ4v) is 4.08. The molecule has 5 aromatic rings. The predicted octanol–water partition coefficient (Wildman–Crippen LogP) is 6.73. The Morgan fingerprint density at radius 3 is 2.44 bits per heavy atom. The van der Waals surface area contributed by atoms with Gasteiger partial charge < -0.3 is 10.1 Å². The summed E-state index contributed by atoms with van der Waals surface area (Å²) in [6, 6.07) is 30.9. The highest BCUT2D eigenvalue weighted by Gasteiger charge is 2.19. The number of benzene rings is 4. The summed E-state index contributed by atoms with van der Waals surface area (Å²) in [4.78, 5) is 13.1. The Balaban J connectivity index is 1.38. The topological polar surface area (TPSA) is 56.2 Å². The highest BCUT2D eigenvalue weighted by molar-refractivity contribution is 6.30. The molecule has 1 aromatic heterocycles. The molecule has 0 bridgehead atoms. The van der Waals surface area contributed by atoms with Crippen LogP contribution in [0.2, 0.25) is 5.15 Å². The number of carbonyl (C=O) groups is 1. The lowest BCUT2D eigenvalue weighted by molar-refractivity contribution is 0.102. The smallest absolute Gasteiger partial charge is 0.259 e. The Labute approximate surface area is 202 Å². The molecule has 1 heterocycles. The monoisotopic (exact) mass is 467 g/mol. The van der Waals surface area contributed by atoms with Crippen molar-refractivity contribution in [2.75, 3.05) is 5.32 Å². The molecule has 5 rings (SSSR count). The lowest BCUT2D eigenvalue weighted by Crippen LogP contribution is -2.13. The normalized spacial score (nSPS) is 10.9. The molecule has 0 aliphatic carbocycles. The number of ether oxygens (including phenoxy) is 1. The number of nitrogens with zero attached hydrogens (tertiary/aromatic N) is 2. The van der Waals surface area contributed by atoms with Crippen LogP contribution in [0, 0.1) is 0 Å². The van der Waals surface area contributed by atoms with Crippen LogP contribution < -0.4 is 10.1 Å². The van der Waals surface area contributed by atoms with E-state index in [1.54, 1.807) is 23.9 Å². The SMILES string of the molecule is Cn1nc(-c2ccccc2)c(COc2ccccc2C(=O)Nc2ccc3ccccc3c2)c1Cl. The number of aryl methyl sites for hydroxylation is 1. The maximum absolute atomic E-state index is 13.1. The van der Waals surface area contributed by atoms with Crippen molar-refractivity contribution in [3.8, 4) is 17.0 Å². The van der Waals surface area contributed by atoms with E-state index in [4.69, 9.17) is 16.3 Å². The van der Waals surface area contributed by atoms with Crippen LogP contribution in [0.25, 0.3) is 22.0 Å². The first-order valence-electron chi connectivity index (χ1n) is 10.9. The number of aromatic nitrogens is 2. The maximum Gasteiger partial charge on any atom is 0.259 e. The Hall–Kier alpha value is -4.09. The van der Waals surface area contributed by atoms with Crippen molar-refractivity contribution in [2.24, 2.45) is 7.05 Å². The van der Waals surface area contributed by atoms with Crippen LogP contribution in [0.5, 0.6) is 5.75 Å². The maximum atomic E-state index is 13.1. The molecular weight excluding hydrogens is 446 g/mol. The standard InChI is InChI=1S/C28H22ClN3O2/c1-32-27(29)24(26(31-32)20-10-3-2-4-11-20)18-34-25-14-8-7-13-23(25)28(33)30-22-16-15-19-9-5-6-12-21(19)17-22/h2-17H,18H2,1H3,(H,30,33). The van der Waals surface area contributed by atoms with E-state index in [9.17, 15) is 4.79 Å². The third kappa shape index (κ3) is 4.38. The number of hydrogen-bond acceptors (Lipinski definition) is 3. The van der Waals surface area contributed by atoms with E-state index in [0.29, 0.717) is 16.5 Å². The Morgan fingerprint density at radius 1 is 0.912 bits per heavy atom. The van der Waals surface area contributed by atoms with Crippen LogP contribution in [0.1, 0.15) is 15.9 Å². The van der Waals surface area contributed by atoms with Gasteiger partial charge >= 0.3 is 0 Å². The Kier molecular flexibility index (Phi) is 6.02. The molecule has 0 radical (unpaired) electrons. The van der Waals surface area contributed by atoms with Crippen LogP contribution >= 0.6 is 11.6 Å². The summed E-state index contributed by atoms with van der Waals surface area (Å²) >= 11 is 6.53. The molecule has 0 spiro atoms. The summed E-state index contributed by atoms with van der Waals surface area (Å²) < 4.78 is 7.74. The summed E-state index contributed by atoms with van der Waals surface area (Å²) in [7, 11) is 1.79. The number of para-hydroxylation sites is 1. The lowest BCUT2D eigenvalue weighted by atomic mass is 10.1. The number of rotatable bonds is 6. The molecule has 34 heavy (non-hydrogen) atoms. The minimum Gasteiger partial charge on any atom is -0.488 e. The lowest BCUT2D eigenvalue weighted by Gasteiger charge is -2.12. The van der Waals surface area contributed by atoms with Crippen molar-refractivity contribution in [1.29, 1.82) is 0 Å². The highest BCUT2D eigenvalue weighted by Crippen LogP contribution is 2.30. The second-order valence-electron chi connectivity index (χ2n) is 7.91. The second-order valence-corrected chi connectivity index (χ2v) is 8.27. The number of nitrogens with one attached hydrogen (secondary N) is 1. The van der Waals surface area contributed by atoms with E-state index < -0.39 is 0 Å². The zero-order valence-corrected chi connectivity index (χ0v) is 19.3. The molecular formula is C28H22ClN3O2. The van der Waals surface area contributed by atoms with Gasteiger partial charge in [0.05, 0.1) is 11.1 Å². The average Bonchev–Trinajstić information content (AvgIpc) is 3.16. The molecule has 6 heteroatoms. The van der Waals surface area contributed by atoms with Crippen molar-refractivity contribution in [2.45, 2.75) is 6.61 Å². The Bertz CT molecular complexity index is 1480. The zero-order valence-electron chi connectivity index (χ0n) is 18.5. The summed E-state index contributed by atoms with van der Waals surface area (Å²) in [5, 5.41) is 10.2. The fraction of sp³-hybridized carbons (Fsp3) is 0.0714. The Morgan fingerprint density at radius 2 is 1.62 bits per heavy atom. The molecule has 0 unspecified atom stereocenters. The number of halogens is 1. The molecule has 0 aliphatic rings. The number of hydrogen-bond donors (Lipinski definition) is 1. The summed E-state index contributed by atoms with van der Waals surface area (Å²) in [5.74, 6) is 0.228. The molecule has 0 fully saturated rings. The van der Waals surface area contributed by atoms with Crippen molar-refractivity contribution in [3.05, 3.63) is 113 Å². The van der Waals surface area contributed by atoms with E-state index in [1.165, 1.54) is 0 Å². The fourth-order valence-electron chi connectivity index (χ4n) is 3.90. The molecule has 168 valence electrons. The molecule has 0 atom stereocenters. The predicted molar refractivity (Wildman–Crippen MR) is 136 cm³/mol. The quantitative estimate of drug-likeness (QED) is 0.301. The van der Waals surface area contributed by atoms with Crippen molar-refractivity contribution in [3.63, 3.8) is 0 Å².